The predicted octanol–water partition coefficient (Wildman–Crippen LogP) is 1.25. The maximum absolute atomic E-state index is 13.1. The number of carbonyl (C=O) groups excluding carboxylic acids is 2. The third kappa shape index (κ3) is 5.10. The van der Waals surface area contributed by atoms with Crippen LogP contribution < -0.4 is 10.1 Å². The number of nitriles is 1. The zero-order valence-corrected chi connectivity index (χ0v) is 17.6. The number of halogens is 1. The largest absolute Gasteiger partial charge is 0.486 e. The molecule has 2 fully saturated rings. The van der Waals surface area contributed by atoms with Gasteiger partial charge in [-0.2, -0.15) is 5.26 Å². The number of aliphatic hydroxyl groups is 2. The van der Waals surface area contributed by atoms with Crippen LogP contribution in [-0.4, -0.2) is 70.0 Å². The van der Waals surface area contributed by atoms with Crippen molar-refractivity contribution in [2.75, 3.05) is 25.0 Å². The third-order valence-electron chi connectivity index (χ3n) is 5.78. The van der Waals surface area contributed by atoms with Gasteiger partial charge in [-0.05, 0) is 41.8 Å². The highest BCUT2D eigenvalue weighted by Gasteiger charge is 2.43. The van der Waals surface area contributed by atoms with Crippen LogP contribution in [0.3, 0.4) is 0 Å². The summed E-state index contributed by atoms with van der Waals surface area (Å²) in [7, 11) is 0. The molecular formula is C23H23FN4O5. The summed E-state index contributed by atoms with van der Waals surface area (Å²) >= 11 is 0. The molecule has 172 valence electrons. The first-order valence-electron chi connectivity index (χ1n) is 10.6. The van der Waals surface area contributed by atoms with Gasteiger partial charge < -0.3 is 25.2 Å². The maximum atomic E-state index is 13.1. The van der Waals surface area contributed by atoms with E-state index in [4.69, 9.17) is 9.84 Å². The molecule has 10 heteroatoms. The van der Waals surface area contributed by atoms with E-state index in [-0.39, 0.29) is 18.5 Å². The number of aromatic nitrogens is 1. The predicted molar refractivity (Wildman–Crippen MR) is 115 cm³/mol. The Labute approximate surface area is 189 Å². The van der Waals surface area contributed by atoms with E-state index >= 15 is 0 Å². The molecule has 0 radical (unpaired) electrons. The highest BCUT2D eigenvalue weighted by Crippen LogP contribution is 2.35. The van der Waals surface area contributed by atoms with Gasteiger partial charge in [-0.15, -0.1) is 0 Å². The van der Waals surface area contributed by atoms with Gasteiger partial charge in [0.25, 0.3) is 0 Å². The summed E-state index contributed by atoms with van der Waals surface area (Å²) in [5.74, 6) is -0.885. The number of anilines is 1. The molecule has 1 aliphatic carbocycles. The minimum absolute atomic E-state index is 0.0412. The third-order valence-corrected chi connectivity index (χ3v) is 5.78. The number of nitrogens with zero attached hydrogens (tertiary/aromatic N) is 3. The van der Waals surface area contributed by atoms with Crippen molar-refractivity contribution in [1.82, 2.24) is 9.88 Å². The van der Waals surface area contributed by atoms with Gasteiger partial charge >= 0.3 is 0 Å². The van der Waals surface area contributed by atoms with E-state index in [0.717, 1.165) is 0 Å². The van der Waals surface area contributed by atoms with Crippen molar-refractivity contribution in [3.8, 4) is 22.9 Å². The Morgan fingerprint density at radius 3 is 2.73 bits per heavy atom. The number of rotatable bonds is 6. The van der Waals surface area contributed by atoms with E-state index in [1.165, 1.54) is 11.1 Å². The minimum Gasteiger partial charge on any atom is -0.486 e. The quantitative estimate of drug-likeness (QED) is 0.598. The normalized spacial score (nSPS) is 24.0. The van der Waals surface area contributed by atoms with E-state index in [0.29, 0.717) is 35.7 Å². The van der Waals surface area contributed by atoms with Gasteiger partial charge in [0.15, 0.2) is 0 Å². The average Bonchev–Trinajstić information content (AvgIpc) is 3.57. The average molecular weight is 454 g/mol. The number of hydrogen-bond acceptors (Lipinski definition) is 7. The Morgan fingerprint density at radius 1 is 1.30 bits per heavy atom. The molecular weight excluding hydrogens is 431 g/mol. The molecule has 1 saturated carbocycles. The van der Waals surface area contributed by atoms with Crippen LogP contribution in [-0.2, 0) is 9.59 Å². The lowest BCUT2D eigenvalue weighted by Crippen LogP contribution is -2.51. The van der Waals surface area contributed by atoms with Crippen molar-refractivity contribution >= 4 is 17.6 Å². The van der Waals surface area contributed by atoms with Crippen LogP contribution in [0.15, 0.2) is 36.5 Å². The van der Waals surface area contributed by atoms with Gasteiger partial charge in [-0.25, -0.2) is 9.37 Å². The number of hydrogen-bond donors (Lipinski definition) is 3. The number of aliphatic hydroxyl groups excluding tert-OH is 2. The first kappa shape index (κ1) is 22.6. The molecule has 9 nitrogen and oxygen atoms in total. The van der Waals surface area contributed by atoms with Crippen LogP contribution in [0.5, 0.6) is 5.75 Å². The SMILES string of the molecule is N#Cc1cc(-c2ccnc(NC(=O)[C@H]3C[C@@H]3F)c2)ccc1O[C@H]1CCN(C(=O)CO)C[C@H]1O. The molecule has 3 N–H and O–H groups in total. The smallest absolute Gasteiger partial charge is 0.248 e. The molecule has 1 aromatic heterocycles. The van der Waals surface area contributed by atoms with Crippen LogP contribution in [0.25, 0.3) is 11.1 Å². The van der Waals surface area contributed by atoms with Crippen molar-refractivity contribution in [3.05, 3.63) is 42.1 Å². The maximum Gasteiger partial charge on any atom is 0.248 e. The van der Waals surface area contributed by atoms with Crippen LogP contribution in [0.2, 0.25) is 0 Å². The van der Waals surface area contributed by atoms with Crippen molar-refractivity contribution in [3.63, 3.8) is 0 Å². The summed E-state index contributed by atoms with van der Waals surface area (Å²) in [4.78, 5) is 29.0. The topological polar surface area (TPSA) is 136 Å². The first-order chi connectivity index (χ1) is 15.9. The summed E-state index contributed by atoms with van der Waals surface area (Å²) in [6.45, 7) is -0.244. The molecule has 2 amide bonds. The van der Waals surface area contributed by atoms with E-state index in [9.17, 15) is 24.3 Å². The minimum atomic E-state index is -1.10. The van der Waals surface area contributed by atoms with E-state index in [2.05, 4.69) is 16.4 Å². The molecule has 33 heavy (non-hydrogen) atoms. The van der Waals surface area contributed by atoms with Gasteiger partial charge in [-0.3, -0.25) is 9.59 Å². The number of piperidine rings is 1. The molecule has 0 bridgehead atoms. The number of benzene rings is 1. The standard InChI is InChI=1S/C23H23FN4O5/c24-17-9-16(17)23(32)27-21-8-14(3-5-26-21)13-1-2-19(15(7-13)10-25)33-20-4-6-28(11-18(20)30)22(31)12-29/h1-3,5,7-8,16-18,20,29-30H,4,6,9,11-12H2,(H,26,27,32)/t16-,17-,18+,20-/m0/s1. The highest BCUT2D eigenvalue weighted by molar-refractivity contribution is 5.94. The second kappa shape index (κ2) is 9.52. The molecule has 1 saturated heterocycles. The molecule has 2 aromatic rings. The number of β-amino-alcohol motifs (C(OH)–C–C–N with tert-alkyl or cyclic N) is 1. The number of pyridine rings is 1. The molecule has 1 aliphatic heterocycles. The van der Waals surface area contributed by atoms with Gasteiger partial charge in [0, 0.05) is 19.2 Å². The molecule has 4 atom stereocenters. The first-order valence-corrected chi connectivity index (χ1v) is 10.6. The summed E-state index contributed by atoms with van der Waals surface area (Å²) in [5.41, 5.74) is 1.65. The number of likely N-dealkylation sites (tertiary alicyclic amines) is 1. The molecule has 4 rings (SSSR count). The number of nitrogens with one attached hydrogen (secondary N) is 1. The van der Waals surface area contributed by atoms with Crippen LogP contribution in [0, 0.1) is 17.2 Å². The van der Waals surface area contributed by atoms with Crippen molar-refractivity contribution in [2.45, 2.75) is 31.2 Å². The van der Waals surface area contributed by atoms with Gasteiger partial charge in [0.05, 0.1) is 18.0 Å². The molecule has 2 heterocycles. The fourth-order valence-corrected chi connectivity index (χ4v) is 3.77. The number of alkyl halides is 1. The Kier molecular flexibility index (Phi) is 6.53. The fraction of sp³-hybridized carbons (Fsp3) is 0.391. The lowest BCUT2D eigenvalue weighted by atomic mass is 10.0. The lowest BCUT2D eigenvalue weighted by molar-refractivity contribution is -0.139. The highest BCUT2D eigenvalue weighted by atomic mass is 19.1. The van der Waals surface area contributed by atoms with E-state index in [1.807, 2.05) is 0 Å². The van der Waals surface area contributed by atoms with Gasteiger partial charge in [0.2, 0.25) is 11.8 Å². The fourth-order valence-electron chi connectivity index (χ4n) is 3.77. The zero-order chi connectivity index (χ0) is 23.5. The molecule has 1 aromatic carbocycles. The Hall–Kier alpha value is -3.55. The van der Waals surface area contributed by atoms with Crippen LogP contribution >= 0.6 is 0 Å². The van der Waals surface area contributed by atoms with Crippen molar-refractivity contribution < 1.29 is 28.9 Å². The second-order valence-corrected chi connectivity index (χ2v) is 8.11. The van der Waals surface area contributed by atoms with Crippen molar-refractivity contribution in [1.29, 1.82) is 5.26 Å². The van der Waals surface area contributed by atoms with Crippen LogP contribution in [0.4, 0.5) is 10.2 Å². The monoisotopic (exact) mass is 454 g/mol. The van der Waals surface area contributed by atoms with Crippen LogP contribution in [0.1, 0.15) is 18.4 Å². The number of carbonyl (C=O) groups is 2. The molecule has 2 aliphatic rings. The summed E-state index contributed by atoms with van der Waals surface area (Å²) in [6, 6.07) is 10.5. The summed E-state index contributed by atoms with van der Waals surface area (Å²) in [6.07, 6.45) is -0.561. The zero-order valence-electron chi connectivity index (χ0n) is 17.6. The molecule has 0 unspecified atom stereocenters. The van der Waals surface area contributed by atoms with Crippen molar-refractivity contribution in [2.24, 2.45) is 5.92 Å². The van der Waals surface area contributed by atoms with E-state index in [1.54, 1.807) is 30.3 Å². The number of amides is 2. The Morgan fingerprint density at radius 2 is 2.06 bits per heavy atom. The number of ether oxygens (including phenoxy) is 1. The Bertz CT molecular complexity index is 1100. The van der Waals surface area contributed by atoms with Gasteiger partial charge in [-0.1, -0.05) is 6.07 Å². The summed E-state index contributed by atoms with van der Waals surface area (Å²) in [5, 5.41) is 31.6. The van der Waals surface area contributed by atoms with E-state index < -0.39 is 42.7 Å². The molecule has 0 spiro atoms. The lowest BCUT2D eigenvalue weighted by Gasteiger charge is -2.35. The Balaban J connectivity index is 1.46. The van der Waals surface area contributed by atoms with Gasteiger partial charge in [0.1, 0.15) is 42.6 Å². The summed E-state index contributed by atoms with van der Waals surface area (Å²) < 4.78 is 19.0. The second-order valence-electron chi connectivity index (χ2n) is 8.11.